The summed E-state index contributed by atoms with van der Waals surface area (Å²) in [5.74, 6) is 0. The van der Waals surface area contributed by atoms with E-state index in [1.807, 2.05) is 0 Å². The molecule has 7 heavy (non-hydrogen) atoms. The molecule has 0 N–H and O–H groups in total. The first kappa shape index (κ1) is 6.96. The maximum atomic E-state index is 3.90. The molecule has 0 spiro atoms. The highest BCUT2D eigenvalue weighted by molar-refractivity contribution is 4.24. The molecule has 0 bridgehead atoms. The van der Waals surface area contributed by atoms with Crippen molar-refractivity contribution in [3.05, 3.63) is 7.05 Å². The summed E-state index contributed by atoms with van der Waals surface area (Å²) in [4.78, 5) is 0. The molecule has 0 amide bonds. The molecule has 0 aliphatic carbocycles. The fourth-order valence-corrected chi connectivity index (χ4v) is 0.605. The topological polar surface area (TPSA) is 0 Å². The highest BCUT2D eigenvalue weighted by Gasteiger charge is 2.02. The van der Waals surface area contributed by atoms with Gasteiger partial charge in [0, 0.05) is 0 Å². The van der Waals surface area contributed by atoms with E-state index >= 15 is 0 Å². The molecule has 0 fully saturated rings. The van der Waals surface area contributed by atoms with Crippen molar-refractivity contribution in [3.8, 4) is 0 Å². The van der Waals surface area contributed by atoms with Crippen LogP contribution in [0.15, 0.2) is 0 Å². The zero-order chi connectivity index (χ0) is 5.91. The second-order valence-corrected chi connectivity index (χ2v) is 2.66. The van der Waals surface area contributed by atoms with Gasteiger partial charge in [0.1, 0.15) is 7.05 Å². The van der Waals surface area contributed by atoms with Crippen LogP contribution in [0.3, 0.4) is 0 Å². The monoisotopic (exact) mass is 101 g/mol. The molecule has 0 aromatic rings. The van der Waals surface area contributed by atoms with Crippen LogP contribution >= 0.6 is 0 Å². The lowest BCUT2D eigenvalue weighted by Crippen LogP contribution is -2.32. The molecule has 0 aromatic heterocycles. The Morgan fingerprint density at radius 2 is 1.86 bits per heavy atom. The molecular formula is C6H15N+. The Morgan fingerprint density at radius 3 is 1.86 bits per heavy atom. The van der Waals surface area contributed by atoms with Crippen molar-refractivity contribution >= 4 is 0 Å². The first-order valence-electron chi connectivity index (χ1n) is 2.73. The standard InChI is InChI=1S/C6H15N/c1-5-6-7(2,3)4/h2,5-6H2,1,3-4H3/q+1. The van der Waals surface area contributed by atoms with Crippen molar-refractivity contribution in [2.24, 2.45) is 0 Å². The third kappa shape index (κ3) is 5.96. The average Bonchev–Trinajstić information content (AvgIpc) is 1.30. The van der Waals surface area contributed by atoms with Crippen LogP contribution in [0.4, 0.5) is 0 Å². The molecule has 1 radical (unpaired) electrons. The van der Waals surface area contributed by atoms with Crippen molar-refractivity contribution in [1.29, 1.82) is 0 Å². The van der Waals surface area contributed by atoms with Gasteiger partial charge in [-0.1, -0.05) is 6.92 Å². The average molecular weight is 101 g/mol. The normalized spacial score (nSPS) is 12.0. The lowest BCUT2D eigenvalue weighted by Gasteiger charge is -2.21. The summed E-state index contributed by atoms with van der Waals surface area (Å²) in [7, 11) is 8.10. The maximum absolute atomic E-state index is 3.90. The molecule has 1 nitrogen and oxygen atoms in total. The van der Waals surface area contributed by atoms with E-state index in [4.69, 9.17) is 0 Å². The summed E-state index contributed by atoms with van der Waals surface area (Å²) in [5.41, 5.74) is 0. The summed E-state index contributed by atoms with van der Waals surface area (Å²) in [6.45, 7) is 3.34. The minimum Gasteiger partial charge on any atom is -0.324 e. The molecular weight excluding hydrogens is 86.1 g/mol. The van der Waals surface area contributed by atoms with Crippen LogP contribution in [0.1, 0.15) is 13.3 Å². The third-order valence-electron chi connectivity index (χ3n) is 0.829. The molecule has 0 saturated heterocycles. The maximum Gasteiger partial charge on any atom is 0.128 e. The van der Waals surface area contributed by atoms with Crippen LogP contribution in [-0.4, -0.2) is 25.1 Å². The van der Waals surface area contributed by atoms with Gasteiger partial charge in [-0.3, -0.25) is 0 Å². The van der Waals surface area contributed by atoms with Gasteiger partial charge in [0.25, 0.3) is 0 Å². The van der Waals surface area contributed by atoms with Gasteiger partial charge in [-0.15, -0.1) is 0 Å². The van der Waals surface area contributed by atoms with Gasteiger partial charge in [0.05, 0.1) is 20.6 Å². The summed E-state index contributed by atoms with van der Waals surface area (Å²) in [6.07, 6.45) is 1.22. The summed E-state index contributed by atoms with van der Waals surface area (Å²) < 4.78 is 0.844. The van der Waals surface area contributed by atoms with Crippen LogP contribution < -0.4 is 0 Å². The lowest BCUT2D eigenvalue weighted by molar-refractivity contribution is -0.845. The molecule has 0 aliphatic rings. The van der Waals surface area contributed by atoms with Crippen LogP contribution in [0, 0.1) is 7.05 Å². The Kier molecular flexibility index (Phi) is 2.30. The molecule has 0 unspecified atom stereocenters. The van der Waals surface area contributed by atoms with Crippen LogP contribution in [0.2, 0.25) is 0 Å². The van der Waals surface area contributed by atoms with Crippen LogP contribution in [-0.2, 0) is 0 Å². The first-order valence-corrected chi connectivity index (χ1v) is 2.73. The zero-order valence-electron chi connectivity index (χ0n) is 5.57. The van der Waals surface area contributed by atoms with Gasteiger partial charge in [-0.2, -0.15) is 0 Å². The second kappa shape index (κ2) is 2.31. The zero-order valence-corrected chi connectivity index (χ0v) is 5.57. The van der Waals surface area contributed by atoms with Gasteiger partial charge in [0.15, 0.2) is 0 Å². The van der Waals surface area contributed by atoms with E-state index in [1.165, 1.54) is 13.0 Å². The quantitative estimate of drug-likeness (QED) is 0.459. The molecule has 0 aliphatic heterocycles. The van der Waals surface area contributed by atoms with Gasteiger partial charge < -0.3 is 4.48 Å². The van der Waals surface area contributed by atoms with Gasteiger partial charge in [-0.05, 0) is 6.42 Å². The minimum absolute atomic E-state index is 0.844. The second-order valence-electron chi connectivity index (χ2n) is 2.66. The van der Waals surface area contributed by atoms with Crippen molar-refractivity contribution in [1.82, 2.24) is 0 Å². The van der Waals surface area contributed by atoms with E-state index in [2.05, 4.69) is 28.1 Å². The summed E-state index contributed by atoms with van der Waals surface area (Å²) in [5, 5.41) is 0. The van der Waals surface area contributed by atoms with Crippen LogP contribution in [0.5, 0.6) is 0 Å². The van der Waals surface area contributed by atoms with Crippen molar-refractivity contribution in [2.45, 2.75) is 13.3 Å². The number of quaternary nitrogens is 1. The van der Waals surface area contributed by atoms with Gasteiger partial charge in [0.2, 0.25) is 0 Å². The predicted molar refractivity (Wildman–Crippen MR) is 32.6 cm³/mol. The van der Waals surface area contributed by atoms with E-state index in [9.17, 15) is 0 Å². The molecule has 1 heteroatoms. The van der Waals surface area contributed by atoms with E-state index < -0.39 is 0 Å². The van der Waals surface area contributed by atoms with Crippen LogP contribution in [0.25, 0.3) is 0 Å². The van der Waals surface area contributed by atoms with Gasteiger partial charge >= 0.3 is 0 Å². The summed E-state index contributed by atoms with van der Waals surface area (Å²) in [6, 6.07) is 0. The number of rotatable bonds is 2. The number of hydrogen-bond acceptors (Lipinski definition) is 0. The molecule has 43 valence electrons. The lowest BCUT2D eigenvalue weighted by atomic mass is 10.4. The molecule has 0 rings (SSSR count). The highest BCUT2D eigenvalue weighted by Crippen LogP contribution is 1.92. The minimum atomic E-state index is 0.844. The molecule has 0 heterocycles. The van der Waals surface area contributed by atoms with E-state index in [-0.39, 0.29) is 0 Å². The molecule has 0 aromatic carbocycles. The fraction of sp³-hybridized carbons (Fsp3) is 0.833. The molecule has 0 saturated carbocycles. The first-order chi connectivity index (χ1) is 3.06. The third-order valence-corrected chi connectivity index (χ3v) is 0.829. The Hall–Kier alpha value is -0.0400. The molecule has 0 atom stereocenters. The number of hydrogen-bond donors (Lipinski definition) is 0. The SMILES string of the molecule is [CH2][N+](C)(C)CCC. The number of nitrogens with zero attached hydrogens (tertiary/aromatic N) is 1. The van der Waals surface area contributed by atoms with E-state index in [1.54, 1.807) is 0 Å². The van der Waals surface area contributed by atoms with E-state index in [0.717, 1.165) is 4.48 Å². The Bertz CT molecular complexity index is 42.6. The Labute approximate surface area is 46.5 Å². The van der Waals surface area contributed by atoms with Crippen molar-refractivity contribution in [2.75, 3.05) is 20.6 Å². The predicted octanol–water partition coefficient (Wildman–Crippen LogP) is 1.26. The Morgan fingerprint density at radius 1 is 1.43 bits per heavy atom. The Balaban J connectivity index is 3.15. The highest BCUT2D eigenvalue weighted by atomic mass is 15.3. The van der Waals surface area contributed by atoms with Crippen molar-refractivity contribution < 1.29 is 4.48 Å². The van der Waals surface area contributed by atoms with Gasteiger partial charge in [-0.25, -0.2) is 0 Å². The van der Waals surface area contributed by atoms with Crippen molar-refractivity contribution in [3.63, 3.8) is 0 Å². The summed E-state index contributed by atoms with van der Waals surface area (Å²) >= 11 is 0. The largest absolute Gasteiger partial charge is 0.324 e. The smallest absolute Gasteiger partial charge is 0.128 e. The fourth-order valence-electron chi connectivity index (χ4n) is 0.605. The van der Waals surface area contributed by atoms with E-state index in [0.29, 0.717) is 0 Å².